The second-order valence-corrected chi connectivity index (χ2v) is 4.58. The van der Waals surface area contributed by atoms with Crippen LogP contribution < -0.4 is 20.1 Å². The number of rotatable bonds is 7. The van der Waals surface area contributed by atoms with Gasteiger partial charge >= 0.3 is 0 Å². The van der Waals surface area contributed by atoms with Crippen molar-refractivity contribution in [3.8, 4) is 11.5 Å². The highest BCUT2D eigenvalue weighted by molar-refractivity contribution is 5.81. The number of likely N-dealkylation sites (N-methyl/N-ethyl adjacent to an activating group) is 1. The Kier molecular flexibility index (Phi) is 6.31. The lowest BCUT2D eigenvalue weighted by Crippen LogP contribution is -2.42. The Labute approximate surface area is 120 Å². The minimum atomic E-state index is -0.252. The monoisotopic (exact) mass is 280 g/mol. The summed E-state index contributed by atoms with van der Waals surface area (Å²) in [6.45, 7) is 3.92. The fourth-order valence-electron chi connectivity index (χ4n) is 2.11. The Balaban J connectivity index is 2.92. The number of nitrogens with one attached hydrogen (secondary N) is 2. The normalized spacial score (nSPS) is 13.4. The van der Waals surface area contributed by atoms with E-state index in [2.05, 4.69) is 17.6 Å². The van der Waals surface area contributed by atoms with E-state index in [0.29, 0.717) is 11.5 Å². The number of carbonyl (C=O) groups excluding carboxylic acids is 1. The van der Waals surface area contributed by atoms with Crippen LogP contribution in [0.25, 0.3) is 0 Å². The molecular weight excluding hydrogens is 256 g/mol. The Bertz CT molecular complexity index is 449. The van der Waals surface area contributed by atoms with Crippen molar-refractivity contribution in [2.24, 2.45) is 0 Å². The number of amides is 1. The first kappa shape index (κ1) is 16.3. The van der Waals surface area contributed by atoms with E-state index in [0.717, 1.165) is 12.0 Å². The fraction of sp³-hybridized carbons (Fsp3) is 0.533. The van der Waals surface area contributed by atoms with Gasteiger partial charge in [-0.1, -0.05) is 13.0 Å². The van der Waals surface area contributed by atoms with Gasteiger partial charge in [0.2, 0.25) is 5.91 Å². The lowest BCUT2D eigenvalue weighted by molar-refractivity contribution is -0.122. The van der Waals surface area contributed by atoms with Crippen LogP contribution in [0.15, 0.2) is 18.2 Å². The van der Waals surface area contributed by atoms with Crippen molar-refractivity contribution in [1.29, 1.82) is 0 Å². The molecule has 2 unspecified atom stereocenters. The quantitative estimate of drug-likeness (QED) is 0.800. The van der Waals surface area contributed by atoms with Crippen LogP contribution in [-0.4, -0.2) is 33.2 Å². The molecule has 0 radical (unpaired) electrons. The molecule has 2 atom stereocenters. The van der Waals surface area contributed by atoms with Gasteiger partial charge in [0.25, 0.3) is 0 Å². The van der Waals surface area contributed by atoms with Crippen molar-refractivity contribution in [2.45, 2.75) is 32.4 Å². The van der Waals surface area contributed by atoms with E-state index in [1.54, 1.807) is 21.3 Å². The zero-order chi connectivity index (χ0) is 15.1. The molecule has 0 heterocycles. The molecule has 1 aromatic rings. The van der Waals surface area contributed by atoms with Crippen molar-refractivity contribution >= 4 is 5.91 Å². The van der Waals surface area contributed by atoms with Crippen LogP contribution in [0.4, 0.5) is 0 Å². The lowest BCUT2D eigenvalue weighted by atomic mass is 10.0. The zero-order valence-corrected chi connectivity index (χ0v) is 12.8. The topological polar surface area (TPSA) is 59.6 Å². The summed E-state index contributed by atoms with van der Waals surface area (Å²) in [6, 6.07) is 5.64. The third-order valence-electron chi connectivity index (χ3n) is 3.31. The van der Waals surface area contributed by atoms with Crippen LogP contribution in [0, 0.1) is 0 Å². The maximum atomic E-state index is 11.6. The van der Waals surface area contributed by atoms with Gasteiger partial charge in [-0.05, 0) is 31.0 Å². The summed E-state index contributed by atoms with van der Waals surface area (Å²) in [7, 11) is 4.86. The van der Waals surface area contributed by atoms with E-state index in [-0.39, 0.29) is 18.0 Å². The van der Waals surface area contributed by atoms with Crippen molar-refractivity contribution in [1.82, 2.24) is 10.6 Å². The Morgan fingerprint density at radius 3 is 2.40 bits per heavy atom. The van der Waals surface area contributed by atoms with Crippen LogP contribution in [0.2, 0.25) is 0 Å². The van der Waals surface area contributed by atoms with E-state index in [1.807, 2.05) is 25.1 Å². The van der Waals surface area contributed by atoms with Gasteiger partial charge < -0.3 is 14.8 Å². The molecule has 1 amide bonds. The van der Waals surface area contributed by atoms with Crippen molar-refractivity contribution < 1.29 is 14.3 Å². The fourth-order valence-corrected chi connectivity index (χ4v) is 2.11. The average Bonchev–Trinajstić information content (AvgIpc) is 2.50. The van der Waals surface area contributed by atoms with Gasteiger partial charge in [-0.3, -0.25) is 10.1 Å². The first-order valence-electron chi connectivity index (χ1n) is 6.76. The van der Waals surface area contributed by atoms with E-state index in [1.165, 1.54) is 0 Å². The molecule has 5 nitrogen and oxygen atoms in total. The van der Waals surface area contributed by atoms with E-state index in [9.17, 15) is 4.79 Å². The van der Waals surface area contributed by atoms with Crippen LogP contribution >= 0.6 is 0 Å². The predicted molar refractivity (Wildman–Crippen MR) is 79.2 cm³/mol. The molecule has 0 saturated heterocycles. The van der Waals surface area contributed by atoms with Crippen molar-refractivity contribution in [3.63, 3.8) is 0 Å². The van der Waals surface area contributed by atoms with Gasteiger partial charge in [0.1, 0.15) is 0 Å². The maximum absolute atomic E-state index is 11.6. The van der Waals surface area contributed by atoms with Crippen molar-refractivity contribution in [3.05, 3.63) is 23.8 Å². The summed E-state index contributed by atoms with van der Waals surface area (Å²) < 4.78 is 10.5. The molecule has 1 rings (SSSR count). The number of methoxy groups -OCH3 is 2. The third kappa shape index (κ3) is 3.87. The van der Waals surface area contributed by atoms with Crippen LogP contribution in [0.3, 0.4) is 0 Å². The maximum Gasteiger partial charge on any atom is 0.236 e. The van der Waals surface area contributed by atoms with Gasteiger partial charge in [0, 0.05) is 13.1 Å². The Morgan fingerprint density at radius 1 is 1.25 bits per heavy atom. The SMILES string of the molecule is CCC(NC(C)C(=O)NC)c1ccc(OC)c(OC)c1. The average molecular weight is 280 g/mol. The molecule has 5 heteroatoms. The van der Waals surface area contributed by atoms with Gasteiger partial charge in [-0.15, -0.1) is 0 Å². The van der Waals surface area contributed by atoms with E-state index >= 15 is 0 Å². The molecular formula is C15H24N2O3. The summed E-state index contributed by atoms with van der Waals surface area (Å²) in [5, 5.41) is 5.95. The van der Waals surface area contributed by atoms with Crippen LogP contribution in [-0.2, 0) is 4.79 Å². The highest BCUT2D eigenvalue weighted by atomic mass is 16.5. The molecule has 0 aliphatic rings. The molecule has 20 heavy (non-hydrogen) atoms. The summed E-state index contributed by atoms with van der Waals surface area (Å²) in [6.07, 6.45) is 0.872. The highest BCUT2D eigenvalue weighted by Gasteiger charge is 2.18. The number of hydrogen-bond acceptors (Lipinski definition) is 4. The molecule has 0 bridgehead atoms. The largest absolute Gasteiger partial charge is 0.493 e. The first-order chi connectivity index (χ1) is 9.57. The standard InChI is InChI=1S/C15H24N2O3/c1-6-12(17-10(2)15(18)16-3)11-7-8-13(19-4)14(9-11)20-5/h7-10,12,17H,6H2,1-5H3,(H,16,18). The molecule has 0 saturated carbocycles. The van der Waals surface area contributed by atoms with Gasteiger partial charge in [-0.25, -0.2) is 0 Å². The first-order valence-corrected chi connectivity index (χ1v) is 6.76. The van der Waals surface area contributed by atoms with Gasteiger partial charge in [0.05, 0.1) is 20.3 Å². The molecule has 0 fully saturated rings. The molecule has 0 aliphatic heterocycles. The summed E-state index contributed by atoms with van der Waals surface area (Å²) in [5.41, 5.74) is 1.07. The zero-order valence-electron chi connectivity index (χ0n) is 12.8. The minimum Gasteiger partial charge on any atom is -0.493 e. The molecule has 112 valence electrons. The summed E-state index contributed by atoms with van der Waals surface area (Å²) >= 11 is 0. The predicted octanol–water partition coefficient (Wildman–Crippen LogP) is 1.88. The van der Waals surface area contributed by atoms with Crippen molar-refractivity contribution in [2.75, 3.05) is 21.3 Å². The minimum absolute atomic E-state index is 0.0241. The molecule has 2 N–H and O–H groups in total. The lowest BCUT2D eigenvalue weighted by Gasteiger charge is -2.22. The Morgan fingerprint density at radius 2 is 1.90 bits per heavy atom. The summed E-state index contributed by atoms with van der Waals surface area (Å²) in [5.74, 6) is 1.37. The number of hydrogen-bond donors (Lipinski definition) is 2. The van der Waals surface area contributed by atoms with Gasteiger partial charge in [0.15, 0.2) is 11.5 Å². The number of benzene rings is 1. The van der Waals surface area contributed by atoms with Crippen LogP contribution in [0.5, 0.6) is 11.5 Å². The second-order valence-electron chi connectivity index (χ2n) is 4.58. The van der Waals surface area contributed by atoms with E-state index < -0.39 is 0 Å². The van der Waals surface area contributed by atoms with E-state index in [4.69, 9.17) is 9.47 Å². The Hall–Kier alpha value is -1.75. The molecule has 0 aromatic heterocycles. The van der Waals surface area contributed by atoms with Crippen LogP contribution in [0.1, 0.15) is 31.9 Å². The molecule has 0 aliphatic carbocycles. The smallest absolute Gasteiger partial charge is 0.236 e. The molecule has 0 spiro atoms. The molecule has 1 aromatic carbocycles. The second kappa shape index (κ2) is 7.75. The number of ether oxygens (including phenoxy) is 2. The number of carbonyl (C=O) groups is 1. The summed E-state index contributed by atoms with van der Waals surface area (Å²) in [4.78, 5) is 11.6. The third-order valence-corrected chi connectivity index (χ3v) is 3.31. The highest BCUT2D eigenvalue weighted by Crippen LogP contribution is 2.30. The van der Waals surface area contributed by atoms with Gasteiger partial charge in [-0.2, -0.15) is 0 Å².